The Kier molecular flexibility index (Phi) is 6.32. The largest absolute Gasteiger partial charge is 0.480 e. The number of rotatable bonds is 8. The van der Waals surface area contributed by atoms with Crippen molar-refractivity contribution >= 4 is 21.9 Å². The Morgan fingerprint density at radius 2 is 1.86 bits per heavy atom. The van der Waals surface area contributed by atoms with Gasteiger partial charge in [0.05, 0.1) is 6.26 Å². The molecule has 0 unspecified atom stereocenters. The minimum Gasteiger partial charge on any atom is -0.480 e. The van der Waals surface area contributed by atoms with Crippen molar-refractivity contribution in [3.05, 3.63) is 35.9 Å². The van der Waals surface area contributed by atoms with Crippen molar-refractivity contribution in [2.24, 2.45) is 0 Å². The van der Waals surface area contributed by atoms with Crippen LogP contribution in [0, 0.1) is 0 Å². The Morgan fingerprint density at radius 1 is 1.24 bits per heavy atom. The van der Waals surface area contributed by atoms with Crippen molar-refractivity contribution in [2.75, 3.05) is 12.8 Å². The molecule has 1 rings (SSSR count). The highest BCUT2D eigenvalue weighted by molar-refractivity contribution is 7.88. The highest BCUT2D eigenvalue weighted by Gasteiger charge is 2.20. The van der Waals surface area contributed by atoms with E-state index in [0.29, 0.717) is 0 Å². The zero-order valence-corrected chi connectivity index (χ0v) is 12.4. The van der Waals surface area contributed by atoms with E-state index in [9.17, 15) is 18.0 Å². The number of hydrogen-bond donors (Lipinski definition) is 3. The number of nitrogens with one attached hydrogen (secondary N) is 2. The van der Waals surface area contributed by atoms with Gasteiger partial charge in [-0.2, -0.15) is 0 Å². The first-order valence-electron chi connectivity index (χ1n) is 6.28. The molecule has 0 aliphatic rings. The topological polar surface area (TPSA) is 113 Å². The van der Waals surface area contributed by atoms with Crippen LogP contribution in [0.2, 0.25) is 0 Å². The molecule has 0 saturated carbocycles. The fourth-order valence-corrected chi connectivity index (χ4v) is 2.14. The van der Waals surface area contributed by atoms with Crippen molar-refractivity contribution in [3.8, 4) is 0 Å². The van der Waals surface area contributed by atoms with Crippen LogP contribution in [0.15, 0.2) is 30.3 Å². The molecule has 0 aliphatic heterocycles. The highest BCUT2D eigenvalue weighted by atomic mass is 32.2. The van der Waals surface area contributed by atoms with E-state index in [2.05, 4.69) is 10.0 Å². The summed E-state index contributed by atoms with van der Waals surface area (Å²) in [7, 11) is -3.36. The summed E-state index contributed by atoms with van der Waals surface area (Å²) in [5.41, 5.74) is 0.791. The summed E-state index contributed by atoms with van der Waals surface area (Å²) in [5.74, 6) is -1.65. The van der Waals surface area contributed by atoms with Crippen LogP contribution in [0.4, 0.5) is 0 Å². The van der Waals surface area contributed by atoms with Gasteiger partial charge in [0.25, 0.3) is 0 Å². The molecular weight excluding hydrogens is 296 g/mol. The second kappa shape index (κ2) is 7.75. The van der Waals surface area contributed by atoms with Gasteiger partial charge in [0.2, 0.25) is 15.9 Å². The van der Waals surface area contributed by atoms with Crippen molar-refractivity contribution in [1.82, 2.24) is 10.0 Å². The third-order valence-electron chi connectivity index (χ3n) is 2.63. The van der Waals surface area contributed by atoms with Gasteiger partial charge in [0, 0.05) is 19.4 Å². The van der Waals surface area contributed by atoms with Crippen LogP contribution in [0.25, 0.3) is 0 Å². The third-order valence-corrected chi connectivity index (χ3v) is 3.36. The van der Waals surface area contributed by atoms with Crippen LogP contribution in [0.1, 0.15) is 12.0 Å². The predicted molar refractivity (Wildman–Crippen MR) is 77.2 cm³/mol. The van der Waals surface area contributed by atoms with E-state index in [-0.39, 0.29) is 19.4 Å². The van der Waals surface area contributed by atoms with Gasteiger partial charge in [-0.3, -0.25) is 4.79 Å². The molecule has 1 amide bonds. The minimum absolute atomic E-state index is 0.0671. The zero-order chi connectivity index (χ0) is 15.9. The Bertz CT molecular complexity index is 586. The van der Waals surface area contributed by atoms with Crippen LogP contribution < -0.4 is 10.0 Å². The number of sulfonamides is 1. The summed E-state index contributed by atoms with van der Waals surface area (Å²) < 4.78 is 23.9. The minimum atomic E-state index is -3.36. The average Bonchev–Trinajstić information content (AvgIpc) is 2.37. The van der Waals surface area contributed by atoms with Gasteiger partial charge in [-0.05, 0) is 5.56 Å². The molecule has 3 N–H and O–H groups in total. The van der Waals surface area contributed by atoms with Gasteiger partial charge in [0.1, 0.15) is 6.04 Å². The molecule has 1 aromatic carbocycles. The molecule has 7 nitrogen and oxygen atoms in total. The molecule has 0 aromatic heterocycles. The normalized spacial score (nSPS) is 12.6. The van der Waals surface area contributed by atoms with Gasteiger partial charge in [-0.1, -0.05) is 30.3 Å². The average molecular weight is 314 g/mol. The number of carboxylic acid groups (broad SMARTS) is 1. The second-order valence-corrected chi connectivity index (χ2v) is 6.40. The molecule has 0 saturated heterocycles. The number of benzene rings is 1. The summed E-state index contributed by atoms with van der Waals surface area (Å²) in [6, 6.07) is 7.88. The first-order valence-corrected chi connectivity index (χ1v) is 8.18. The quantitative estimate of drug-likeness (QED) is 0.612. The number of aliphatic carboxylic acids is 1. The molecule has 1 aromatic rings. The Morgan fingerprint density at radius 3 is 2.38 bits per heavy atom. The van der Waals surface area contributed by atoms with E-state index in [1.54, 1.807) is 24.3 Å². The van der Waals surface area contributed by atoms with Crippen LogP contribution in [0.3, 0.4) is 0 Å². The van der Waals surface area contributed by atoms with E-state index < -0.39 is 27.9 Å². The lowest BCUT2D eigenvalue weighted by molar-refractivity contribution is -0.141. The Balaban J connectivity index is 2.51. The third kappa shape index (κ3) is 7.42. The lowest BCUT2D eigenvalue weighted by atomic mass is 10.1. The fraction of sp³-hybridized carbons (Fsp3) is 0.385. The lowest BCUT2D eigenvalue weighted by Gasteiger charge is -2.14. The maximum Gasteiger partial charge on any atom is 0.326 e. The van der Waals surface area contributed by atoms with E-state index in [1.807, 2.05) is 6.07 Å². The molecule has 0 aliphatic carbocycles. The molecule has 0 spiro atoms. The van der Waals surface area contributed by atoms with E-state index in [4.69, 9.17) is 5.11 Å². The summed E-state index contributed by atoms with van der Waals surface area (Å²) in [6.45, 7) is -0.0671. The molecule has 0 radical (unpaired) electrons. The van der Waals surface area contributed by atoms with Crippen LogP contribution in [0.5, 0.6) is 0 Å². The van der Waals surface area contributed by atoms with Crippen LogP contribution in [-0.4, -0.2) is 44.2 Å². The van der Waals surface area contributed by atoms with E-state index >= 15 is 0 Å². The summed E-state index contributed by atoms with van der Waals surface area (Å²) in [5, 5.41) is 11.5. The molecule has 21 heavy (non-hydrogen) atoms. The fourth-order valence-electron chi connectivity index (χ4n) is 1.67. The van der Waals surface area contributed by atoms with Crippen LogP contribution >= 0.6 is 0 Å². The molecule has 8 heteroatoms. The standard InChI is InChI=1S/C13H18N2O5S/c1-21(19,20)14-8-7-12(16)15-11(13(17)18)9-10-5-3-2-4-6-10/h2-6,11,14H,7-9H2,1H3,(H,15,16)(H,17,18)/t11-/m0/s1. The zero-order valence-electron chi connectivity index (χ0n) is 11.6. The van der Waals surface area contributed by atoms with Gasteiger partial charge in [-0.25, -0.2) is 17.9 Å². The Labute approximate surface area is 123 Å². The van der Waals surface area contributed by atoms with E-state index in [0.717, 1.165) is 11.8 Å². The molecule has 0 fully saturated rings. The van der Waals surface area contributed by atoms with Gasteiger partial charge < -0.3 is 10.4 Å². The number of hydrogen-bond acceptors (Lipinski definition) is 4. The molecule has 0 heterocycles. The summed E-state index contributed by atoms with van der Waals surface area (Å²) in [4.78, 5) is 22.8. The molecule has 0 bridgehead atoms. The number of carboxylic acids is 1. The van der Waals surface area contributed by atoms with Gasteiger partial charge >= 0.3 is 5.97 Å². The summed E-state index contributed by atoms with van der Waals surface area (Å²) >= 11 is 0. The molecular formula is C13H18N2O5S. The number of amides is 1. The number of carbonyl (C=O) groups excluding carboxylic acids is 1. The number of carbonyl (C=O) groups is 2. The van der Waals surface area contributed by atoms with Crippen molar-refractivity contribution in [2.45, 2.75) is 18.9 Å². The van der Waals surface area contributed by atoms with Gasteiger partial charge in [-0.15, -0.1) is 0 Å². The maximum absolute atomic E-state index is 11.6. The van der Waals surface area contributed by atoms with Crippen molar-refractivity contribution in [1.29, 1.82) is 0 Å². The molecule has 116 valence electrons. The predicted octanol–water partition coefficient (Wildman–Crippen LogP) is -0.262. The second-order valence-electron chi connectivity index (χ2n) is 4.56. The first-order chi connectivity index (χ1) is 9.78. The highest BCUT2D eigenvalue weighted by Crippen LogP contribution is 2.03. The molecule has 1 atom stereocenters. The first kappa shape index (κ1) is 17.1. The van der Waals surface area contributed by atoms with Crippen molar-refractivity contribution < 1.29 is 23.1 Å². The van der Waals surface area contributed by atoms with Gasteiger partial charge in [0.15, 0.2) is 0 Å². The Hall–Kier alpha value is -1.93. The SMILES string of the molecule is CS(=O)(=O)NCCC(=O)N[C@@H](Cc1ccccc1)C(=O)O. The summed E-state index contributed by atoms with van der Waals surface area (Å²) in [6.07, 6.45) is 1.04. The lowest BCUT2D eigenvalue weighted by Crippen LogP contribution is -2.43. The van der Waals surface area contributed by atoms with E-state index in [1.165, 1.54) is 0 Å². The maximum atomic E-state index is 11.6. The smallest absolute Gasteiger partial charge is 0.326 e. The van der Waals surface area contributed by atoms with Crippen LogP contribution in [-0.2, 0) is 26.0 Å². The van der Waals surface area contributed by atoms with Crippen molar-refractivity contribution in [3.63, 3.8) is 0 Å². The monoisotopic (exact) mass is 314 g/mol.